The van der Waals surface area contributed by atoms with Gasteiger partial charge in [-0.1, -0.05) is 30.7 Å². The van der Waals surface area contributed by atoms with Gasteiger partial charge < -0.3 is 9.73 Å². The van der Waals surface area contributed by atoms with Crippen LogP contribution in [-0.2, 0) is 0 Å². The number of fused-ring (bicyclic) bond motifs is 1. The molecule has 0 aliphatic rings. The van der Waals surface area contributed by atoms with Gasteiger partial charge in [0.05, 0.1) is 10.7 Å². The Morgan fingerprint density at radius 2 is 2.19 bits per heavy atom. The second-order valence-electron chi connectivity index (χ2n) is 4.70. The third-order valence-corrected chi connectivity index (χ3v) is 4.02. The number of furan rings is 1. The molecule has 0 saturated heterocycles. The van der Waals surface area contributed by atoms with Gasteiger partial charge in [0.1, 0.15) is 11.8 Å². The Morgan fingerprint density at radius 1 is 1.33 bits per heavy atom. The fourth-order valence-electron chi connectivity index (χ4n) is 2.30. The number of rotatable bonds is 4. The van der Waals surface area contributed by atoms with Crippen molar-refractivity contribution in [1.29, 1.82) is 0 Å². The maximum atomic E-state index is 6.18. The third kappa shape index (κ3) is 2.98. The first-order chi connectivity index (χ1) is 10.2. The van der Waals surface area contributed by atoms with Gasteiger partial charge >= 0.3 is 0 Å². The van der Waals surface area contributed by atoms with E-state index in [-0.39, 0.29) is 6.04 Å². The summed E-state index contributed by atoms with van der Waals surface area (Å²) in [5.74, 6) is 0.815. The van der Waals surface area contributed by atoms with E-state index in [0.29, 0.717) is 10.6 Å². The van der Waals surface area contributed by atoms with Crippen LogP contribution in [0.4, 0.5) is 0 Å². The highest BCUT2D eigenvalue weighted by Gasteiger charge is 2.19. The van der Waals surface area contributed by atoms with Gasteiger partial charge in [0.25, 0.3) is 0 Å². The third-order valence-electron chi connectivity index (χ3n) is 3.25. The van der Waals surface area contributed by atoms with Crippen LogP contribution >= 0.6 is 27.5 Å². The molecule has 21 heavy (non-hydrogen) atoms. The molecular weight excluding hydrogens is 352 g/mol. The molecule has 3 nitrogen and oxygen atoms in total. The van der Waals surface area contributed by atoms with Crippen LogP contribution in [0.15, 0.2) is 51.5 Å². The topological polar surface area (TPSA) is 38.1 Å². The molecule has 0 spiro atoms. The number of pyridine rings is 1. The minimum atomic E-state index is -0.0911. The van der Waals surface area contributed by atoms with E-state index >= 15 is 0 Å². The Morgan fingerprint density at radius 3 is 2.86 bits per heavy atom. The molecule has 3 aromatic rings. The Bertz CT molecular complexity index is 755. The van der Waals surface area contributed by atoms with Gasteiger partial charge in [-0.25, -0.2) is 0 Å². The number of halogens is 2. The van der Waals surface area contributed by atoms with E-state index in [1.807, 2.05) is 36.4 Å². The average Bonchev–Trinajstić information content (AvgIpc) is 2.91. The van der Waals surface area contributed by atoms with E-state index in [1.165, 1.54) is 0 Å². The van der Waals surface area contributed by atoms with Crippen molar-refractivity contribution in [3.63, 3.8) is 0 Å². The minimum absolute atomic E-state index is 0.0911. The summed E-state index contributed by atoms with van der Waals surface area (Å²) in [7, 11) is 0. The van der Waals surface area contributed by atoms with Gasteiger partial charge in [-0.2, -0.15) is 0 Å². The fourth-order valence-corrected chi connectivity index (χ4v) is 2.76. The monoisotopic (exact) mass is 364 g/mol. The van der Waals surface area contributed by atoms with Gasteiger partial charge in [-0.15, -0.1) is 0 Å². The molecule has 1 N–H and O–H groups in total. The normalized spacial score (nSPS) is 12.7. The van der Waals surface area contributed by atoms with Crippen molar-refractivity contribution in [2.75, 3.05) is 6.54 Å². The molecule has 3 rings (SSSR count). The van der Waals surface area contributed by atoms with Gasteiger partial charge in [0.15, 0.2) is 5.58 Å². The van der Waals surface area contributed by atoms with E-state index in [4.69, 9.17) is 16.0 Å². The number of benzene rings is 1. The summed E-state index contributed by atoms with van der Waals surface area (Å²) in [6.45, 7) is 2.87. The molecule has 0 saturated carbocycles. The highest BCUT2D eigenvalue weighted by molar-refractivity contribution is 9.10. The first kappa shape index (κ1) is 14.6. The zero-order valence-corrected chi connectivity index (χ0v) is 13.8. The molecular formula is C16H14BrClN2O. The van der Waals surface area contributed by atoms with E-state index in [9.17, 15) is 0 Å². The van der Waals surface area contributed by atoms with Crippen molar-refractivity contribution in [1.82, 2.24) is 10.3 Å². The molecule has 1 unspecified atom stereocenters. The maximum absolute atomic E-state index is 6.18. The van der Waals surface area contributed by atoms with E-state index in [0.717, 1.165) is 27.9 Å². The predicted octanol–water partition coefficient (Wildman–Crippen LogP) is 4.94. The molecule has 0 aliphatic carbocycles. The summed E-state index contributed by atoms with van der Waals surface area (Å²) in [5.41, 5.74) is 1.63. The summed E-state index contributed by atoms with van der Waals surface area (Å²) in [6, 6.07) is 11.6. The SMILES string of the molecule is CCNC(c1ccc(Br)cn1)c1cc2cccc(Cl)c2o1. The van der Waals surface area contributed by atoms with Crippen LogP contribution < -0.4 is 5.32 Å². The smallest absolute Gasteiger partial charge is 0.152 e. The zero-order chi connectivity index (χ0) is 14.8. The van der Waals surface area contributed by atoms with Gasteiger partial charge in [0, 0.05) is 16.1 Å². The number of hydrogen-bond donors (Lipinski definition) is 1. The van der Waals surface area contributed by atoms with E-state index in [2.05, 4.69) is 33.2 Å². The number of hydrogen-bond acceptors (Lipinski definition) is 3. The van der Waals surface area contributed by atoms with Crippen LogP contribution in [0, 0.1) is 0 Å². The molecule has 2 heterocycles. The number of aromatic nitrogens is 1. The van der Waals surface area contributed by atoms with Gasteiger partial charge in [0.2, 0.25) is 0 Å². The molecule has 0 bridgehead atoms. The lowest BCUT2D eigenvalue weighted by molar-refractivity contribution is 0.471. The highest BCUT2D eigenvalue weighted by atomic mass is 79.9. The summed E-state index contributed by atoms with van der Waals surface area (Å²) in [4.78, 5) is 4.46. The minimum Gasteiger partial charge on any atom is -0.457 e. The Hall–Kier alpha value is -1.36. The molecule has 0 fully saturated rings. The van der Waals surface area contributed by atoms with Crippen molar-refractivity contribution < 1.29 is 4.42 Å². The molecule has 1 atom stereocenters. The van der Waals surface area contributed by atoms with Crippen molar-refractivity contribution in [3.05, 3.63) is 63.5 Å². The second-order valence-corrected chi connectivity index (χ2v) is 6.02. The van der Waals surface area contributed by atoms with Crippen molar-refractivity contribution in [2.45, 2.75) is 13.0 Å². The molecule has 5 heteroatoms. The lowest BCUT2D eigenvalue weighted by atomic mass is 10.1. The Balaban J connectivity index is 2.06. The standard InChI is InChI=1S/C16H14BrClN2O/c1-2-19-15(13-7-6-11(17)9-20-13)14-8-10-4-3-5-12(18)16(10)21-14/h3-9,15,19H,2H2,1H3. The summed E-state index contributed by atoms with van der Waals surface area (Å²) in [5, 5.41) is 5.02. The molecule has 0 aliphatic heterocycles. The first-order valence-electron chi connectivity index (χ1n) is 6.72. The zero-order valence-electron chi connectivity index (χ0n) is 11.4. The van der Waals surface area contributed by atoms with Crippen LogP contribution in [0.1, 0.15) is 24.4 Å². The van der Waals surface area contributed by atoms with Crippen molar-refractivity contribution >= 4 is 38.5 Å². The molecule has 108 valence electrons. The Kier molecular flexibility index (Phi) is 4.29. The van der Waals surface area contributed by atoms with Crippen LogP contribution in [0.25, 0.3) is 11.0 Å². The number of para-hydroxylation sites is 1. The maximum Gasteiger partial charge on any atom is 0.152 e. The summed E-state index contributed by atoms with van der Waals surface area (Å²) >= 11 is 9.59. The summed E-state index contributed by atoms with van der Waals surface area (Å²) in [6.07, 6.45) is 1.79. The first-order valence-corrected chi connectivity index (χ1v) is 7.89. The fraction of sp³-hybridized carbons (Fsp3) is 0.188. The number of nitrogens with one attached hydrogen (secondary N) is 1. The molecule has 2 aromatic heterocycles. The van der Waals surface area contributed by atoms with Crippen molar-refractivity contribution in [3.8, 4) is 0 Å². The van der Waals surface area contributed by atoms with Crippen molar-refractivity contribution in [2.24, 2.45) is 0 Å². The quantitative estimate of drug-likeness (QED) is 0.711. The molecule has 0 radical (unpaired) electrons. The average molecular weight is 366 g/mol. The lowest BCUT2D eigenvalue weighted by Gasteiger charge is -2.14. The lowest BCUT2D eigenvalue weighted by Crippen LogP contribution is -2.22. The highest BCUT2D eigenvalue weighted by Crippen LogP contribution is 2.31. The number of nitrogens with zero attached hydrogens (tertiary/aromatic N) is 1. The molecule has 1 aromatic carbocycles. The molecule has 0 amide bonds. The van der Waals surface area contributed by atoms with Gasteiger partial charge in [-0.05, 0) is 46.7 Å². The van der Waals surface area contributed by atoms with Crippen LogP contribution in [0.5, 0.6) is 0 Å². The largest absolute Gasteiger partial charge is 0.457 e. The predicted molar refractivity (Wildman–Crippen MR) is 88.7 cm³/mol. The van der Waals surface area contributed by atoms with Crippen LogP contribution in [0.2, 0.25) is 5.02 Å². The van der Waals surface area contributed by atoms with E-state index in [1.54, 1.807) is 6.20 Å². The Labute approximate surface area is 136 Å². The van der Waals surface area contributed by atoms with Gasteiger partial charge in [-0.3, -0.25) is 4.98 Å². The second kappa shape index (κ2) is 6.18. The van der Waals surface area contributed by atoms with E-state index < -0.39 is 0 Å². The van der Waals surface area contributed by atoms with Crippen LogP contribution in [-0.4, -0.2) is 11.5 Å². The van der Waals surface area contributed by atoms with Crippen LogP contribution in [0.3, 0.4) is 0 Å². The summed E-state index contributed by atoms with van der Waals surface area (Å²) < 4.78 is 6.90.